The fourth-order valence-corrected chi connectivity index (χ4v) is 4.68. The molecule has 0 spiro atoms. The molecule has 6 aromatic rings. The first-order valence-corrected chi connectivity index (χ1v) is 11.0. The summed E-state index contributed by atoms with van der Waals surface area (Å²) in [5.41, 5.74) is 8.74. The highest BCUT2D eigenvalue weighted by Crippen LogP contribution is 2.40. The van der Waals surface area contributed by atoms with Crippen molar-refractivity contribution < 1.29 is 4.42 Å². The van der Waals surface area contributed by atoms with E-state index in [4.69, 9.17) is 16.0 Å². The van der Waals surface area contributed by atoms with Crippen molar-refractivity contribution in [2.75, 3.05) is 0 Å². The average Bonchev–Trinajstić information content (AvgIpc) is 3.25. The van der Waals surface area contributed by atoms with Crippen LogP contribution in [0, 0.1) is 0 Å². The van der Waals surface area contributed by atoms with Crippen molar-refractivity contribution in [3.63, 3.8) is 0 Å². The van der Waals surface area contributed by atoms with Crippen LogP contribution in [-0.2, 0) is 0 Å². The SMILES string of the molecule is Clc1cccc2oc3cccc(-c4cccc(-c5ccc(-c6ccccc6)cc5)c4)c3c12. The molecule has 0 aliphatic carbocycles. The van der Waals surface area contributed by atoms with Gasteiger partial charge in [-0.2, -0.15) is 0 Å². The number of rotatable bonds is 3. The Hall–Kier alpha value is -3.81. The van der Waals surface area contributed by atoms with Gasteiger partial charge in [-0.05, 0) is 57.6 Å². The van der Waals surface area contributed by atoms with Gasteiger partial charge < -0.3 is 4.42 Å². The van der Waals surface area contributed by atoms with Crippen molar-refractivity contribution >= 4 is 33.5 Å². The van der Waals surface area contributed by atoms with E-state index in [0.29, 0.717) is 5.02 Å². The zero-order valence-electron chi connectivity index (χ0n) is 17.3. The Morgan fingerprint density at radius 3 is 1.78 bits per heavy atom. The van der Waals surface area contributed by atoms with Crippen LogP contribution in [0.5, 0.6) is 0 Å². The van der Waals surface area contributed by atoms with E-state index < -0.39 is 0 Å². The van der Waals surface area contributed by atoms with Crippen LogP contribution >= 0.6 is 11.6 Å². The minimum atomic E-state index is 0.710. The van der Waals surface area contributed by atoms with Gasteiger partial charge in [0.05, 0.1) is 5.02 Å². The molecule has 0 saturated carbocycles. The van der Waals surface area contributed by atoms with Crippen molar-refractivity contribution in [1.29, 1.82) is 0 Å². The largest absolute Gasteiger partial charge is 0.456 e. The Morgan fingerprint density at radius 1 is 0.438 bits per heavy atom. The van der Waals surface area contributed by atoms with E-state index in [1.54, 1.807) is 0 Å². The van der Waals surface area contributed by atoms with Crippen LogP contribution in [0.2, 0.25) is 5.02 Å². The molecule has 1 heterocycles. The number of benzene rings is 5. The van der Waals surface area contributed by atoms with Gasteiger partial charge in [-0.3, -0.25) is 0 Å². The Morgan fingerprint density at radius 2 is 1.00 bits per heavy atom. The summed E-state index contributed by atoms with van der Waals surface area (Å²) in [7, 11) is 0. The number of hydrogen-bond acceptors (Lipinski definition) is 1. The van der Waals surface area contributed by atoms with E-state index in [1.807, 2.05) is 36.4 Å². The first-order valence-electron chi connectivity index (χ1n) is 10.6. The molecule has 1 aromatic heterocycles. The van der Waals surface area contributed by atoms with Crippen molar-refractivity contribution in [3.05, 3.63) is 120 Å². The summed E-state index contributed by atoms with van der Waals surface area (Å²) in [4.78, 5) is 0. The predicted molar refractivity (Wildman–Crippen MR) is 135 cm³/mol. The first-order chi connectivity index (χ1) is 15.8. The standard InChI is InChI=1S/C30H19ClO/c31-26-12-6-14-28-30(26)29-25(11-5-13-27(29)32-28)24-10-4-9-23(19-24)22-17-15-21(16-18-22)20-7-2-1-3-8-20/h1-19H. The molecule has 152 valence electrons. The summed E-state index contributed by atoms with van der Waals surface area (Å²) in [6, 6.07) is 39.8. The quantitative estimate of drug-likeness (QED) is 0.272. The van der Waals surface area contributed by atoms with Crippen molar-refractivity contribution in [2.24, 2.45) is 0 Å². The van der Waals surface area contributed by atoms with Gasteiger partial charge in [0, 0.05) is 10.8 Å². The van der Waals surface area contributed by atoms with Crippen molar-refractivity contribution in [3.8, 4) is 33.4 Å². The van der Waals surface area contributed by atoms with Crippen LogP contribution < -0.4 is 0 Å². The first kappa shape index (κ1) is 18.9. The van der Waals surface area contributed by atoms with Crippen LogP contribution in [0.1, 0.15) is 0 Å². The molecule has 32 heavy (non-hydrogen) atoms. The van der Waals surface area contributed by atoms with Gasteiger partial charge in [-0.15, -0.1) is 0 Å². The Labute approximate surface area is 191 Å². The second-order valence-corrected chi connectivity index (χ2v) is 8.33. The van der Waals surface area contributed by atoms with E-state index in [9.17, 15) is 0 Å². The molecule has 0 fully saturated rings. The van der Waals surface area contributed by atoms with Crippen LogP contribution in [0.15, 0.2) is 120 Å². The molecule has 0 bridgehead atoms. The van der Waals surface area contributed by atoms with Crippen LogP contribution in [0.4, 0.5) is 0 Å². The van der Waals surface area contributed by atoms with E-state index in [1.165, 1.54) is 22.3 Å². The topological polar surface area (TPSA) is 13.1 Å². The molecule has 0 saturated heterocycles. The maximum Gasteiger partial charge on any atom is 0.136 e. The monoisotopic (exact) mass is 430 g/mol. The van der Waals surface area contributed by atoms with Crippen LogP contribution in [0.25, 0.3) is 55.3 Å². The molecule has 2 heteroatoms. The molecule has 0 atom stereocenters. The van der Waals surface area contributed by atoms with E-state index in [0.717, 1.165) is 33.1 Å². The summed E-state index contributed by atoms with van der Waals surface area (Å²) in [6.45, 7) is 0. The Balaban J connectivity index is 1.46. The summed E-state index contributed by atoms with van der Waals surface area (Å²) < 4.78 is 6.08. The van der Waals surface area contributed by atoms with E-state index in [-0.39, 0.29) is 0 Å². The Kier molecular flexibility index (Phi) is 4.56. The number of hydrogen-bond donors (Lipinski definition) is 0. The lowest BCUT2D eigenvalue weighted by atomic mass is 9.95. The van der Waals surface area contributed by atoms with Gasteiger partial charge in [0.1, 0.15) is 11.2 Å². The molecule has 5 aromatic carbocycles. The smallest absolute Gasteiger partial charge is 0.136 e. The second-order valence-electron chi connectivity index (χ2n) is 7.92. The Bertz CT molecular complexity index is 1560. The summed E-state index contributed by atoms with van der Waals surface area (Å²) in [5.74, 6) is 0. The summed E-state index contributed by atoms with van der Waals surface area (Å²) in [6.07, 6.45) is 0. The third kappa shape index (κ3) is 3.19. The number of furan rings is 1. The highest BCUT2D eigenvalue weighted by atomic mass is 35.5. The maximum absolute atomic E-state index is 6.57. The lowest BCUT2D eigenvalue weighted by molar-refractivity contribution is 0.669. The van der Waals surface area contributed by atoms with Crippen molar-refractivity contribution in [2.45, 2.75) is 0 Å². The van der Waals surface area contributed by atoms with E-state index in [2.05, 4.69) is 78.9 Å². The van der Waals surface area contributed by atoms with Crippen LogP contribution in [0.3, 0.4) is 0 Å². The van der Waals surface area contributed by atoms with Gasteiger partial charge in [0.25, 0.3) is 0 Å². The predicted octanol–water partition coefficient (Wildman–Crippen LogP) is 9.24. The fourth-order valence-electron chi connectivity index (χ4n) is 4.42. The van der Waals surface area contributed by atoms with E-state index >= 15 is 0 Å². The fraction of sp³-hybridized carbons (Fsp3) is 0. The lowest BCUT2D eigenvalue weighted by Crippen LogP contribution is -1.84. The molecular formula is C30H19ClO. The zero-order chi connectivity index (χ0) is 21.5. The lowest BCUT2D eigenvalue weighted by Gasteiger charge is -2.09. The molecule has 6 rings (SSSR count). The van der Waals surface area contributed by atoms with Gasteiger partial charge in [-0.25, -0.2) is 0 Å². The van der Waals surface area contributed by atoms with Crippen molar-refractivity contribution in [1.82, 2.24) is 0 Å². The van der Waals surface area contributed by atoms with Crippen LogP contribution in [-0.4, -0.2) is 0 Å². The minimum absolute atomic E-state index is 0.710. The minimum Gasteiger partial charge on any atom is -0.456 e. The normalized spacial score (nSPS) is 11.3. The number of fused-ring (bicyclic) bond motifs is 3. The van der Waals surface area contributed by atoms with Gasteiger partial charge >= 0.3 is 0 Å². The molecule has 0 aliphatic heterocycles. The van der Waals surface area contributed by atoms with Gasteiger partial charge in [-0.1, -0.05) is 103 Å². The molecule has 0 radical (unpaired) electrons. The third-order valence-electron chi connectivity index (χ3n) is 5.97. The zero-order valence-corrected chi connectivity index (χ0v) is 18.0. The summed E-state index contributed by atoms with van der Waals surface area (Å²) in [5, 5.41) is 2.74. The number of halogens is 1. The average molecular weight is 431 g/mol. The van der Waals surface area contributed by atoms with Gasteiger partial charge in [0.15, 0.2) is 0 Å². The molecule has 1 nitrogen and oxygen atoms in total. The van der Waals surface area contributed by atoms with Gasteiger partial charge in [0.2, 0.25) is 0 Å². The molecular weight excluding hydrogens is 412 g/mol. The summed E-state index contributed by atoms with van der Waals surface area (Å²) >= 11 is 6.57. The highest BCUT2D eigenvalue weighted by molar-refractivity contribution is 6.38. The second kappa shape index (κ2) is 7.71. The molecule has 0 aliphatic rings. The molecule has 0 unspecified atom stereocenters. The molecule has 0 N–H and O–H groups in total. The highest BCUT2D eigenvalue weighted by Gasteiger charge is 2.15. The molecule has 0 amide bonds. The third-order valence-corrected chi connectivity index (χ3v) is 6.29. The maximum atomic E-state index is 6.57.